The molecule has 0 spiro atoms. The molecule has 1 aromatic carbocycles. The highest BCUT2D eigenvalue weighted by Crippen LogP contribution is 2.35. The van der Waals surface area contributed by atoms with E-state index in [1.165, 1.54) is 12.1 Å². The number of pyridine rings is 1. The summed E-state index contributed by atoms with van der Waals surface area (Å²) >= 11 is 0. The number of amides is 2. The molecule has 2 aromatic heterocycles. The third-order valence-electron chi connectivity index (χ3n) is 6.89. The monoisotopic (exact) mass is 586 g/mol. The average Bonchev–Trinajstić information content (AvgIpc) is 3.25. The lowest BCUT2D eigenvalue weighted by Gasteiger charge is -2.37. The van der Waals surface area contributed by atoms with Crippen LogP contribution in [0, 0.1) is 12.8 Å². The second-order valence-corrected chi connectivity index (χ2v) is 11.4. The maximum Gasteiger partial charge on any atom is 0.333 e. The van der Waals surface area contributed by atoms with E-state index in [-0.39, 0.29) is 58.5 Å². The molecular formula is C29H36F2N6O5. The number of primary amides is 1. The van der Waals surface area contributed by atoms with Crippen LogP contribution in [0.4, 0.5) is 8.78 Å². The van der Waals surface area contributed by atoms with E-state index in [4.69, 9.17) is 20.9 Å². The van der Waals surface area contributed by atoms with Crippen molar-refractivity contribution in [3.63, 3.8) is 0 Å². The molecule has 42 heavy (non-hydrogen) atoms. The number of fused-ring (bicyclic) bond motifs is 1. The van der Waals surface area contributed by atoms with E-state index in [2.05, 4.69) is 15.4 Å². The van der Waals surface area contributed by atoms with Crippen LogP contribution in [0.5, 0.6) is 5.75 Å². The molecular weight excluding hydrogens is 550 g/mol. The van der Waals surface area contributed by atoms with Gasteiger partial charge in [-0.25, -0.2) is 4.68 Å². The fourth-order valence-electron chi connectivity index (χ4n) is 4.88. The third kappa shape index (κ3) is 7.32. The fraction of sp³-hybridized carbons (Fsp3) is 0.448. The second kappa shape index (κ2) is 12.3. The lowest BCUT2D eigenvalue weighted by molar-refractivity contribution is -0.113. The van der Waals surface area contributed by atoms with Crippen molar-refractivity contribution in [1.82, 2.24) is 20.1 Å². The number of carbonyl (C=O) groups excluding carboxylic acids is 2. The van der Waals surface area contributed by atoms with Gasteiger partial charge in [-0.1, -0.05) is 0 Å². The predicted octanol–water partition coefficient (Wildman–Crippen LogP) is 3.40. The molecule has 226 valence electrons. The van der Waals surface area contributed by atoms with Crippen molar-refractivity contribution in [1.29, 1.82) is 0 Å². The number of aromatic nitrogens is 3. The summed E-state index contributed by atoms with van der Waals surface area (Å²) in [5, 5.41) is 16.9. The van der Waals surface area contributed by atoms with Gasteiger partial charge in [0.05, 0.1) is 16.8 Å². The zero-order chi connectivity index (χ0) is 30.8. The van der Waals surface area contributed by atoms with Gasteiger partial charge in [0.25, 0.3) is 11.8 Å². The van der Waals surface area contributed by atoms with Gasteiger partial charge in [-0.3, -0.25) is 14.6 Å². The average molecular weight is 587 g/mol. The number of ether oxygens (including phenoxy) is 2. The molecule has 13 heteroatoms. The van der Waals surface area contributed by atoms with Crippen LogP contribution in [0.2, 0.25) is 0 Å². The SMILES string of the molecule is Cc1ccnc(C(C(N)=O)=C(N)OC2CC(C[C@H](C)NC(=O)c3nn(C(F)F)c4cc(OCC(C)(C)O)ccc34)C2)c1. The van der Waals surface area contributed by atoms with Crippen LogP contribution in [0.25, 0.3) is 16.5 Å². The Bertz CT molecular complexity index is 1490. The van der Waals surface area contributed by atoms with Gasteiger partial charge in [-0.15, -0.1) is 0 Å². The van der Waals surface area contributed by atoms with E-state index >= 15 is 0 Å². The zero-order valence-electron chi connectivity index (χ0n) is 23.9. The number of aliphatic hydroxyl groups is 1. The maximum atomic E-state index is 13.7. The third-order valence-corrected chi connectivity index (χ3v) is 6.89. The fourth-order valence-corrected chi connectivity index (χ4v) is 4.88. The smallest absolute Gasteiger partial charge is 0.333 e. The minimum absolute atomic E-state index is 0.0224. The van der Waals surface area contributed by atoms with Crippen molar-refractivity contribution in [3.8, 4) is 5.75 Å². The van der Waals surface area contributed by atoms with Gasteiger partial charge < -0.3 is 31.4 Å². The Morgan fingerprint density at radius 3 is 2.55 bits per heavy atom. The standard InChI is InChI=1S/C29H36F2N6O5/c1-15-7-8-34-21(9-15)23(25(32)38)26(33)42-19-11-17(12-19)10-16(2)35-27(39)24-20-6-5-18(41-14-29(3,4)40)13-22(20)37(36-24)28(30)31/h5-9,13,16-17,19,28,40H,10-12,14,33H2,1-4H3,(H2,32,38)(H,35,39)/t16-,17?,19?/m0/s1. The lowest BCUT2D eigenvalue weighted by atomic mass is 9.78. The molecule has 0 bridgehead atoms. The summed E-state index contributed by atoms with van der Waals surface area (Å²) in [6.07, 6.45) is 3.23. The number of rotatable bonds is 12. The number of benzene rings is 1. The molecule has 0 radical (unpaired) electrons. The largest absolute Gasteiger partial charge is 0.491 e. The van der Waals surface area contributed by atoms with Crippen LogP contribution in [-0.4, -0.2) is 56.0 Å². The summed E-state index contributed by atoms with van der Waals surface area (Å²) < 4.78 is 39.3. The van der Waals surface area contributed by atoms with Crippen molar-refractivity contribution >= 4 is 28.3 Å². The molecule has 2 heterocycles. The number of nitrogens with one attached hydrogen (secondary N) is 1. The highest BCUT2D eigenvalue weighted by atomic mass is 19.3. The van der Waals surface area contributed by atoms with Gasteiger partial charge in [0, 0.05) is 23.7 Å². The molecule has 0 aliphatic heterocycles. The van der Waals surface area contributed by atoms with Crippen LogP contribution in [0.15, 0.2) is 42.4 Å². The van der Waals surface area contributed by atoms with Gasteiger partial charge in [0.2, 0.25) is 0 Å². The van der Waals surface area contributed by atoms with Crippen LogP contribution in [-0.2, 0) is 9.53 Å². The first-order valence-corrected chi connectivity index (χ1v) is 13.6. The first-order chi connectivity index (χ1) is 19.7. The van der Waals surface area contributed by atoms with E-state index in [0.29, 0.717) is 29.6 Å². The minimum Gasteiger partial charge on any atom is -0.491 e. The predicted molar refractivity (Wildman–Crippen MR) is 151 cm³/mol. The Morgan fingerprint density at radius 1 is 1.21 bits per heavy atom. The topological polar surface area (TPSA) is 168 Å². The number of carbonyl (C=O) groups is 2. The molecule has 1 atom stereocenters. The van der Waals surface area contributed by atoms with E-state index in [9.17, 15) is 23.5 Å². The molecule has 2 amide bonds. The Labute approximate surface area is 241 Å². The molecule has 1 fully saturated rings. The van der Waals surface area contributed by atoms with Crippen molar-refractivity contribution < 1.29 is 33.0 Å². The van der Waals surface area contributed by atoms with E-state index in [1.807, 2.05) is 13.8 Å². The highest BCUT2D eigenvalue weighted by Gasteiger charge is 2.34. The number of nitrogens with zero attached hydrogens (tertiary/aromatic N) is 3. The van der Waals surface area contributed by atoms with Crippen molar-refractivity contribution in [3.05, 3.63) is 59.4 Å². The van der Waals surface area contributed by atoms with Crippen LogP contribution in [0.1, 0.15) is 68.3 Å². The second-order valence-electron chi connectivity index (χ2n) is 11.4. The molecule has 11 nitrogen and oxygen atoms in total. The molecule has 3 aromatic rings. The summed E-state index contributed by atoms with van der Waals surface area (Å²) in [5.74, 6) is -0.925. The van der Waals surface area contributed by atoms with E-state index < -0.39 is 24.0 Å². The molecule has 1 aliphatic carbocycles. The maximum absolute atomic E-state index is 13.7. The molecule has 6 N–H and O–H groups in total. The van der Waals surface area contributed by atoms with Crippen molar-refractivity contribution in [2.45, 2.75) is 71.3 Å². The number of halogens is 2. The Balaban J connectivity index is 1.36. The summed E-state index contributed by atoms with van der Waals surface area (Å²) in [4.78, 5) is 29.3. The number of nitrogens with two attached hydrogens (primary N) is 2. The highest BCUT2D eigenvalue weighted by molar-refractivity contribution is 6.18. The molecule has 1 aliphatic rings. The number of aryl methyl sites for hydroxylation is 1. The first kappa shape index (κ1) is 30.7. The normalized spacial score (nSPS) is 18.3. The molecule has 1 saturated carbocycles. The molecule has 4 rings (SSSR count). The lowest BCUT2D eigenvalue weighted by Crippen LogP contribution is -2.39. The van der Waals surface area contributed by atoms with Gasteiger partial charge >= 0.3 is 6.55 Å². The summed E-state index contributed by atoms with van der Waals surface area (Å²) in [6, 6.07) is 7.61. The minimum atomic E-state index is -2.97. The van der Waals surface area contributed by atoms with Crippen LogP contribution in [0.3, 0.4) is 0 Å². The van der Waals surface area contributed by atoms with Gasteiger partial charge in [0.1, 0.15) is 24.0 Å². The Kier molecular flexibility index (Phi) is 9.00. The van der Waals surface area contributed by atoms with Crippen LogP contribution < -0.4 is 21.5 Å². The van der Waals surface area contributed by atoms with Crippen molar-refractivity contribution in [2.24, 2.45) is 17.4 Å². The summed E-state index contributed by atoms with van der Waals surface area (Å²) in [6.45, 7) is 3.79. The van der Waals surface area contributed by atoms with Crippen molar-refractivity contribution in [2.75, 3.05) is 6.61 Å². The quantitative estimate of drug-likeness (QED) is 0.185. The number of hydrogen-bond acceptors (Lipinski definition) is 8. The Morgan fingerprint density at radius 2 is 1.93 bits per heavy atom. The van der Waals surface area contributed by atoms with Gasteiger partial charge in [0.15, 0.2) is 11.6 Å². The number of hydrogen-bond donors (Lipinski definition) is 4. The zero-order valence-corrected chi connectivity index (χ0v) is 23.9. The summed E-state index contributed by atoms with van der Waals surface area (Å²) in [7, 11) is 0. The van der Waals surface area contributed by atoms with Crippen LogP contribution >= 0.6 is 0 Å². The molecule has 0 unspecified atom stereocenters. The van der Waals surface area contributed by atoms with Gasteiger partial charge in [-0.2, -0.15) is 13.9 Å². The first-order valence-electron chi connectivity index (χ1n) is 13.6. The van der Waals surface area contributed by atoms with E-state index in [0.717, 1.165) is 5.56 Å². The number of alkyl halides is 2. The van der Waals surface area contributed by atoms with Gasteiger partial charge in [-0.05, 0) is 82.7 Å². The molecule has 0 saturated heterocycles. The summed E-state index contributed by atoms with van der Waals surface area (Å²) in [5.41, 5.74) is 11.7. The van der Waals surface area contributed by atoms with E-state index in [1.54, 1.807) is 38.2 Å². The Hall–Kier alpha value is -4.26.